The zero-order valence-electron chi connectivity index (χ0n) is 18.0. The summed E-state index contributed by atoms with van der Waals surface area (Å²) in [6.07, 6.45) is 2.82. The normalized spacial score (nSPS) is 11.8. The summed E-state index contributed by atoms with van der Waals surface area (Å²) in [6.45, 7) is 0. The summed E-state index contributed by atoms with van der Waals surface area (Å²) in [5.41, 5.74) is 1.07. The van der Waals surface area contributed by atoms with E-state index in [1.165, 1.54) is 82.1 Å². The fourth-order valence-electron chi connectivity index (χ4n) is 2.65. The Hall–Kier alpha value is -3.55. The van der Waals surface area contributed by atoms with Crippen LogP contribution in [0.25, 0.3) is 0 Å². The van der Waals surface area contributed by atoms with Gasteiger partial charge in [-0.2, -0.15) is 12.7 Å². The van der Waals surface area contributed by atoms with Gasteiger partial charge in [-0.25, -0.2) is 23.1 Å². The van der Waals surface area contributed by atoms with Crippen LogP contribution in [0.3, 0.4) is 0 Å². The predicted octanol–water partition coefficient (Wildman–Crippen LogP) is 1.77. The van der Waals surface area contributed by atoms with Crippen LogP contribution in [0.5, 0.6) is 0 Å². The standard InChI is InChI=1S/C20H22N6O5S2/c1-25(2)33(30,31)26(3)17-9-5-15(6-10-17)19(27)23-16-7-11-18(12-8-16)32(28,29)24-20-21-13-4-14-22-20/h4-14H,1-3H3,(H,23,27)(H,21,22,24). The lowest BCUT2D eigenvalue weighted by Gasteiger charge is -2.23. The number of amides is 1. The van der Waals surface area contributed by atoms with Gasteiger partial charge in [0.15, 0.2) is 0 Å². The maximum Gasteiger partial charge on any atom is 0.303 e. The topological polar surface area (TPSA) is 142 Å². The first-order valence-corrected chi connectivity index (χ1v) is 12.4. The highest BCUT2D eigenvalue weighted by molar-refractivity contribution is 7.92. The van der Waals surface area contributed by atoms with Crippen molar-refractivity contribution in [2.45, 2.75) is 4.90 Å². The van der Waals surface area contributed by atoms with E-state index < -0.39 is 26.1 Å². The molecule has 0 bridgehead atoms. The van der Waals surface area contributed by atoms with Gasteiger partial charge in [-0.15, -0.1) is 0 Å². The van der Waals surface area contributed by atoms with Crippen molar-refractivity contribution in [3.8, 4) is 0 Å². The van der Waals surface area contributed by atoms with Crippen LogP contribution in [0.1, 0.15) is 10.4 Å². The van der Waals surface area contributed by atoms with Crippen LogP contribution in [0.15, 0.2) is 71.9 Å². The molecule has 0 unspecified atom stereocenters. The first kappa shape index (κ1) is 24.1. The van der Waals surface area contributed by atoms with Gasteiger partial charge >= 0.3 is 10.2 Å². The molecule has 0 fully saturated rings. The van der Waals surface area contributed by atoms with E-state index in [2.05, 4.69) is 20.0 Å². The minimum absolute atomic E-state index is 0.0255. The van der Waals surface area contributed by atoms with E-state index in [1.807, 2.05) is 0 Å². The molecule has 11 nitrogen and oxygen atoms in total. The second kappa shape index (κ2) is 9.52. The third kappa shape index (κ3) is 5.63. The third-order valence-corrected chi connectivity index (χ3v) is 7.68. The summed E-state index contributed by atoms with van der Waals surface area (Å²) < 4.78 is 53.7. The lowest BCUT2D eigenvalue weighted by Crippen LogP contribution is -2.37. The lowest BCUT2D eigenvalue weighted by molar-refractivity contribution is 0.102. The molecule has 13 heteroatoms. The molecule has 3 aromatic rings. The average molecular weight is 491 g/mol. The lowest BCUT2D eigenvalue weighted by atomic mass is 10.2. The fourth-order valence-corrected chi connectivity index (χ4v) is 4.49. The van der Waals surface area contributed by atoms with Crippen molar-refractivity contribution >= 4 is 43.5 Å². The smallest absolute Gasteiger partial charge is 0.303 e. The Kier molecular flexibility index (Phi) is 6.95. The summed E-state index contributed by atoms with van der Waals surface area (Å²) in [7, 11) is -3.26. The van der Waals surface area contributed by atoms with Crippen LogP contribution < -0.4 is 14.3 Å². The fraction of sp³-hybridized carbons (Fsp3) is 0.150. The summed E-state index contributed by atoms with van der Waals surface area (Å²) in [6, 6.07) is 13.2. The van der Waals surface area contributed by atoms with Crippen molar-refractivity contribution in [3.05, 3.63) is 72.6 Å². The molecule has 1 aromatic heterocycles. The molecule has 0 saturated heterocycles. The third-order valence-electron chi connectivity index (χ3n) is 4.51. The van der Waals surface area contributed by atoms with Crippen LogP contribution in [0.2, 0.25) is 0 Å². The van der Waals surface area contributed by atoms with Crippen LogP contribution in [-0.4, -0.2) is 58.2 Å². The first-order valence-electron chi connectivity index (χ1n) is 9.48. The molecule has 3 rings (SSSR count). The van der Waals surface area contributed by atoms with E-state index in [9.17, 15) is 21.6 Å². The highest BCUT2D eigenvalue weighted by Gasteiger charge is 2.21. The van der Waals surface area contributed by atoms with Gasteiger partial charge in [0.2, 0.25) is 5.95 Å². The first-order chi connectivity index (χ1) is 15.5. The number of rotatable bonds is 8. The van der Waals surface area contributed by atoms with E-state index in [4.69, 9.17) is 0 Å². The zero-order valence-corrected chi connectivity index (χ0v) is 19.6. The van der Waals surface area contributed by atoms with E-state index in [-0.39, 0.29) is 10.8 Å². The van der Waals surface area contributed by atoms with Crippen LogP contribution in [0, 0.1) is 0 Å². The van der Waals surface area contributed by atoms with E-state index in [0.29, 0.717) is 16.9 Å². The molecule has 0 aliphatic carbocycles. The van der Waals surface area contributed by atoms with Gasteiger partial charge in [-0.1, -0.05) is 0 Å². The molecule has 174 valence electrons. The van der Waals surface area contributed by atoms with Gasteiger partial charge in [0.25, 0.3) is 15.9 Å². The predicted molar refractivity (Wildman–Crippen MR) is 125 cm³/mol. The molecule has 0 aliphatic heterocycles. The highest BCUT2D eigenvalue weighted by atomic mass is 32.2. The Morgan fingerprint density at radius 1 is 0.848 bits per heavy atom. The average Bonchev–Trinajstić information content (AvgIpc) is 2.79. The van der Waals surface area contributed by atoms with Crippen LogP contribution in [0.4, 0.5) is 17.3 Å². The summed E-state index contributed by atoms with van der Waals surface area (Å²) in [4.78, 5) is 20.1. The Morgan fingerprint density at radius 2 is 1.42 bits per heavy atom. The van der Waals surface area contributed by atoms with Gasteiger partial charge in [-0.05, 0) is 54.6 Å². The number of hydrogen-bond acceptors (Lipinski definition) is 7. The summed E-state index contributed by atoms with van der Waals surface area (Å²) in [5.74, 6) is -0.492. The van der Waals surface area contributed by atoms with Crippen LogP contribution >= 0.6 is 0 Å². The molecule has 33 heavy (non-hydrogen) atoms. The maximum absolute atomic E-state index is 12.5. The van der Waals surface area contributed by atoms with Crippen molar-refractivity contribution < 1.29 is 21.6 Å². The molecule has 2 aromatic carbocycles. The number of carbonyl (C=O) groups excluding carboxylic acids is 1. The van der Waals surface area contributed by atoms with Crippen molar-refractivity contribution in [3.63, 3.8) is 0 Å². The number of anilines is 3. The van der Waals surface area contributed by atoms with Gasteiger partial charge in [-0.3, -0.25) is 9.10 Å². The molecule has 0 aliphatic rings. The quantitative estimate of drug-likeness (QED) is 0.490. The molecule has 0 spiro atoms. The zero-order chi connectivity index (χ0) is 24.2. The second-order valence-corrected chi connectivity index (χ2v) is 10.8. The molecular formula is C20H22N6O5S2. The molecule has 1 heterocycles. The maximum atomic E-state index is 12.5. The SMILES string of the molecule is CN(C)S(=O)(=O)N(C)c1ccc(C(=O)Nc2ccc(S(=O)(=O)Nc3ncccn3)cc2)cc1. The Labute approximate surface area is 192 Å². The number of hydrogen-bond donors (Lipinski definition) is 2. The highest BCUT2D eigenvalue weighted by Crippen LogP contribution is 2.20. The number of nitrogens with zero attached hydrogens (tertiary/aromatic N) is 4. The Bertz CT molecular complexity index is 1330. The van der Waals surface area contributed by atoms with Gasteiger partial charge in [0.05, 0.1) is 10.6 Å². The molecular weight excluding hydrogens is 468 g/mol. The number of carbonyl (C=O) groups is 1. The van der Waals surface area contributed by atoms with E-state index in [1.54, 1.807) is 6.07 Å². The van der Waals surface area contributed by atoms with Crippen LogP contribution in [-0.2, 0) is 20.2 Å². The van der Waals surface area contributed by atoms with E-state index in [0.717, 1.165) is 8.61 Å². The molecule has 0 atom stereocenters. The summed E-state index contributed by atoms with van der Waals surface area (Å²) in [5, 5.41) is 2.66. The molecule has 1 amide bonds. The van der Waals surface area contributed by atoms with Gasteiger partial charge in [0.1, 0.15) is 0 Å². The van der Waals surface area contributed by atoms with Crippen molar-refractivity contribution in [2.24, 2.45) is 0 Å². The van der Waals surface area contributed by atoms with Gasteiger partial charge in [0, 0.05) is 44.8 Å². The number of nitrogens with one attached hydrogen (secondary N) is 2. The van der Waals surface area contributed by atoms with E-state index >= 15 is 0 Å². The van der Waals surface area contributed by atoms with Crippen molar-refractivity contribution in [1.82, 2.24) is 14.3 Å². The number of benzene rings is 2. The molecule has 2 N–H and O–H groups in total. The Balaban J connectivity index is 1.68. The molecule has 0 saturated carbocycles. The number of sulfonamides is 1. The summed E-state index contributed by atoms with van der Waals surface area (Å²) >= 11 is 0. The minimum atomic E-state index is -3.89. The largest absolute Gasteiger partial charge is 0.322 e. The second-order valence-electron chi connectivity index (χ2n) is 6.96. The minimum Gasteiger partial charge on any atom is -0.322 e. The number of aromatic nitrogens is 2. The monoisotopic (exact) mass is 490 g/mol. The van der Waals surface area contributed by atoms with Gasteiger partial charge < -0.3 is 5.32 Å². The van der Waals surface area contributed by atoms with Crippen molar-refractivity contribution in [2.75, 3.05) is 35.5 Å². The van der Waals surface area contributed by atoms with Crippen molar-refractivity contribution in [1.29, 1.82) is 0 Å². The molecule has 0 radical (unpaired) electrons. The Morgan fingerprint density at radius 3 is 1.97 bits per heavy atom.